The topological polar surface area (TPSA) is 6.48 Å². The van der Waals surface area contributed by atoms with Crippen LogP contribution in [0.15, 0.2) is 206 Å². The van der Waals surface area contributed by atoms with Crippen molar-refractivity contribution in [3.8, 4) is 22.3 Å². The average molecular weight is 663 g/mol. The van der Waals surface area contributed by atoms with Crippen LogP contribution >= 0.6 is 0 Å². The lowest BCUT2D eigenvalue weighted by molar-refractivity contribution is 1.22. The van der Waals surface area contributed by atoms with Gasteiger partial charge in [0.05, 0.1) is 22.7 Å². The summed E-state index contributed by atoms with van der Waals surface area (Å²) in [5.74, 6) is 0. The molecular formula is C50H34N2. The first-order valence-electron chi connectivity index (χ1n) is 17.9. The number of rotatable bonds is 4. The number of benzene rings is 8. The summed E-state index contributed by atoms with van der Waals surface area (Å²) in [4.78, 5) is 4.87. The predicted molar refractivity (Wildman–Crippen MR) is 218 cm³/mol. The summed E-state index contributed by atoms with van der Waals surface area (Å²) < 4.78 is 0. The molecule has 2 heteroatoms. The van der Waals surface area contributed by atoms with Crippen molar-refractivity contribution in [2.75, 3.05) is 9.80 Å². The molecule has 2 nitrogen and oxygen atoms in total. The van der Waals surface area contributed by atoms with Crippen LogP contribution < -0.4 is 9.80 Å². The van der Waals surface area contributed by atoms with Gasteiger partial charge in [-0.25, -0.2) is 0 Å². The van der Waals surface area contributed by atoms with Crippen LogP contribution in [0.5, 0.6) is 0 Å². The summed E-state index contributed by atoms with van der Waals surface area (Å²) in [6.45, 7) is 0. The van der Waals surface area contributed by atoms with E-state index in [1.807, 2.05) is 0 Å². The zero-order valence-corrected chi connectivity index (χ0v) is 28.5. The van der Waals surface area contributed by atoms with Crippen molar-refractivity contribution in [3.05, 3.63) is 229 Å². The molecule has 244 valence electrons. The molecule has 8 aromatic rings. The fourth-order valence-electron chi connectivity index (χ4n) is 8.08. The second kappa shape index (κ2) is 12.5. The minimum Gasteiger partial charge on any atom is -0.309 e. The number of anilines is 6. The van der Waals surface area contributed by atoms with Gasteiger partial charge in [0.15, 0.2) is 0 Å². The summed E-state index contributed by atoms with van der Waals surface area (Å²) in [6.07, 6.45) is 0. The van der Waals surface area contributed by atoms with Gasteiger partial charge in [-0.3, -0.25) is 0 Å². The van der Waals surface area contributed by atoms with Gasteiger partial charge >= 0.3 is 0 Å². The quantitative estimate of drug-likeness (QED) is 0.185. The molecule has 8 aromatic carbocycles. The van der Waals surface area contributed by atoms with Crippen LogP contribution in [0.1, 0.15) is 22.3 Å². The van der Waals surface area contributed by atoms with E-state index < -0.39 is 0 Å². The molecule has 0 amide bonds. The monoisotopic (exact) mass is 662 g/mol. The van der Waals surface area contributed by atoms with Crippen LogP contribution in [0, 0.1) is 0 Å². The molecular weight excluding hydrogens is 629 g/mol. The van der Waals surface area contributed by atoms with E-state index in [1.54, 1.807) is 0 Å². The molecule has 2 aliphatic rings. The number of fused-ring (bicyclic) bond motifs is 4. The van der Waals surface area contributed by atoms with Crippen LogP contribution in [0.25, 0.3) is 33.4 Å². The maximum absolute atomic E-state index is 2.43. The third-order valence-electron chi connectivity index (χ3n) is 10.3. The fourth-order valence-corrected chi connectivity index (χ4v) is 8.08. The van der Waals surface area contributed by atoms with Crippen molar-refractivity contribution in [2.45, 2.75) is 0 Å². The van der Waals surface area contributed by atoms with Crippen molar-refractivity contribution in [1.29, 1.82) is 0 Å². The largest absolute Gasteiger partial charge is 0.309 e. The molecule has 0 saturated heterocycles. The Hall–Kier alpha value is -6.90. The molecule has 52 heavy (non-hydrogen) atoms. The van der Waals surface area contributed by atoms with Crippen molar-refractivity contribution < 1.29 is 0 Å². The van der Waals surface area contributed by atoms with E-state index in [2.05, 4.69) is 216 Å². The Bertz CT molecular complexity index is 2350. The second-order valence-electron chi connectivity index (χ2n) is 13.3. The first kappa shape index (κ1) is 30.0. The highest BCUT2D eigenvalue weighted by atomic mass is 15.2. The molecule has 0 aliphatic carbocycles. The minimum atomic E-state index is 1.14. The van der Waals surface area contributed by atoms with Crippen molar-refractivity contribution in [3.63, 3.8) is 0 Å². The van der Waals surface area contributed by atoms with Crippen LogP contribution in [0.2, 0.25) is 0 Å². The van der Waals surface area contributed by atoms with E-state index in [0.29, 0.717) is 0 Å². The van der Waals surface area contributed by atoms with E-state index in [1.165, 1.54) is 78.4 Å². The van der Waals surface area contributed by atoms with E-state index in [9.17, 15) is 0 Å². The summed E-state index contributed by atoms with van der Waals surface area (Å²) in [7, 11) is 0. The zero-order valence-electron chi connectivity index (χ0n) is 28.5. The molecule has 0 saturated carbocycles. The fraction of sp³-hybridized carbons (Fsp3) is 0. The molecule has 0 bridgehead atoms. The molecule has 0 spiro atoms. The Morgan fingerprint density at radius 2 is 0.519 bits per heavy atom. The normalized spacial score (nSPS) is 12.8. The van der Waals surface area contributed by atoms with Gasteiger partial charge in [0.25, 0.3) is 0 Å². The van der Waals surface area contributed by atoms with Crippen LogP contribution in [-0.2, 0) is 0 Å². The van der Waals surface area contributed by atoms with Gasteiger partial charge in [-0.15, -0.1) is 0 Å². The van der Waals surface area contributed by atoms with Crippen molar-refractivity contribution >= 4 is 45.3 Å². The Labute approximate surface area is 304 Å². The number of para-hydroxylation sites is 4. The Balaban J connectivity index is 1.21. The molecule has 0 aromatic heterocycles. The predicted octanol–water partition coefficient (Wildman–Crippen LogP) is 13.6. The number of hydrogen-bond donors (Lipinski definition) is 0. The van der Waals surface area contributed by atoms with E-state index in [-0.39, 0.29) is 0 Å². The van der Waals surface area contributed by atoms with Gasteiger partial charge in [0.2, 0.25) is 0 Å². The SMILES string of the molecule is c1ccc(-c2cccc(N3c4ccccc4C(=C4c5ccccc5N(c5cccc(-c6ccccc6)c5)c5ccccc54)c4ccccc43)c2)cc1. The zero-order chi connectivity index (χ0) is 34.4. The summed E-state index contributed by atoms with van der Waals surface area (Å²) in [6, 6.07) is 74.7. The number of nitrogens with zero attached hydrogens (tertiary/aromatic N) is 2. The lowest BCUT2D eigenvalue weighted by atomic mass is 9.79. The highest BCUT2D eigenvalue weighted by Crippen LogP contribution is 2.56. The average Bonchev–Trinajstić information content (AvgIpc) is 3.23. The molecule has 0 radical (unpaired) electrons. The Kier molecular flexibility index (Phi) is 7.18. The van der Waals surface area contributed by atoms with E-state index in [0.717, 1.165) is 11.4 Å². The minimum absolute atomic E-state index is 1.14. The summed E-state index contributed by atoms with van der Waals surface area (Å²) in [5, 5.41) is 0. The smallest absolute Gasteiger partial charge is 0.0540 e. The molecule has 0 atom stereocenters. The van der Waals surface area contributed by atoms with E-state index >= 15 is 0 Å². The van der Waals surface area contributed by atoms with Gasteiger partial charge in [0.1, 0.15) is 0 Å². The first-order chi connectivity index (χ1) is 25.8. The summed E-state index contributed by atoms with van der Waals surface area (Å²) >= 11 is 0. The second-order valence-corrected chi connectivity index (χ2v) is 13.3. The van der Waals surface area contributed by atoms with Crippen LogP contribution in [0.4, 0.5) is 34.1 Å². The molecule has 2 heterocycles. The first-order valence-corrected chi connectivity index (χ1v) is 17.9. The maximum Gasteiger partial charge on any atom is 0.0540 e. The molecule has 0 N–H and O–H groups in total. The highest BCUT2D eigenvalue weighted by molar-refractivity contribution is 6.17. The lowest BCUT2D eigenvalue weighted by Gasteiger charge is -2.39. The molecule has 0 unspecified atom stereocenters. The number of hydrogen-bond acceptors (Lipinski definition) is 2. The van der Waals surface area contributed by atoms with Gasteiger partial charge in [-0.05, 0) is 70.8 Å². The maximum atomic E-state index is 2.43. The van der Waals surface area contributed by atoms with Gasteiger partial charge in [-0.2, -0.15) is 0 Å². The Morgan fingerprint density at radius 3 is 0.865 bits per heavy atom. The van der Waals surface area contributed by atoms with Gasteiger partial charge < -0.3 is 9.80 Å². The van der Waals surface area contributed by atoms with E-state index in [4.69, 9.17) is 0 Å². The van der Waals surface area contributed by atoms with Gasteiger partial charge in [0, 0.05) is 44.8 Å². The van der Waals surface area contributed by atoms with Crippen molar-refractivity contribution in [2.24, 2.45) is 0 Å². The third-order valence-corrected chi connectivity index (χ3v) is 10.3. The van der Waals surface area contributed by atoms with Crippen LogP contribution in [0.3, 0.4) is 0 Å². The summed E-state index contributed by atoms with van der Waals surface area (Å²) in [5.41, 5.74) is 19.1. The standard InChI is InChI=1S/C50H34N2/c1-3-17-35(18-4-1)37-21-15-23-39(33-37)51-45-29-11-7-25-41(45)49(42-26-8-12-30-46(42)51)50-43-27-9-13-31-47(43)52(48-32-14-10-28-44(48)50)40-24-16-22-38(34-40)36-19-5-2-6-20-36/h1-34H. The highest BCUT2D eigenvalue weighted by Gasteiger charge is 2.34. The Morgan fingerprint density at radius 1 is 0.231 bits per heavy atom. The molecule has 0 fully saturated rings. The van der Waals surface area contributed by atoms with Gasteiger partial charge in [-0.1, -0.05) is 158 Å². The lowest BCUT2D eigenvalue weighted by Crippen LogP contribution is -2.21. The third kappa shape index (κ3) is 4.88. The van der Waals surface area contributed by atoms with Crippen molar-refractivity contribution in [1.82, 2.24) is 0 Å². The van der Waals surface area contributed by atoms with Crippen LogP contribution in [-0.4, -0.2) is 0 Å². The molecule has 10 rings (SSSR count). The molecule has 2 aliphatic heterocycles.